The van der Waals surface area contributed by atoms with Crippen molar-refractivity contribution in [2.24, 2.45) is 0 Å². The number of halogens is 2. The Labute approximate surface area is 176 Å². The van der Waals surface area contributed by atoms with Crippen LogP contribution >= 0.6 is 11.3 Å². The lowest BCUT2D eigenvalue weighted by atomic mass is 9.97. The van der Waals surface area contributed by atoms with Crippen molar-refractivity contribution >= 4 is 16.5 Å². The van der Waals surface area contributed by atoms with E-state index < -0.39 is 13.0 Å². The maximum atomic E-state index is 14.9. The van der Waals surface area contributed by atoms with Crippen molar-refractivity contribution in [3.8, 4) is 27.4 Å². The molecule has 5 rings (SSSR count). The molecule has 2 aliphatic heterocycles. The van der Waals surface area contributed by atoms with E-state index in [0.29, 0.717) is 27.3 Å². The highest BCUT2D eigenvalue weighted by Crippen LogP contribution is 2.39. The summed E-state index contributed by atoms with van der Waals surface area (Å²) in [5.74, 6) is 0.0501. The first-order valence-corrected chi connectivity index (χ1v) is 10.7. The summed E-state index contributed by atoms with van der Waals surface area (Å²) in [5.41, 5.74) is 1.99. The molecule has 0 amide bonds. The number of alkyl halides is 2. The van der Waals surface area contributed by atoms with Gasteiger partial charge in [-0.2, -0.15) is 5.10 Å². The van der Waals surface area contributed by atoms with E-state index in [1.807, 2.05) is 18.0 Å². The number of aromatic nitrogens is 4. The van der Waals surface area contributed by atoms with Gasteiger partial charge < -0.3 is 15.3 Å². The van der Waals surface area contributed by atoms with Gasteiger partial charge in [0.05, 0.1) is 17.8 Å². The van der Waals surface area contributed by atoms with Gasteiger partial charge in [-0.25, -0.2) is 13.5 Å². The van der Waals surface area contributed by atoms with Crippen molar-refractivity contribution in [2.45, 2.75) is 50.4 Å². The van der Waals surface area contributed by atoms with Gasteiger partial charge in [0, 0.05) is 30.9 Å². The van der Waals surface area contributed by atoms with E-state index in [1.165, 1.54) is 16.0 Å². The molecule has 2 unspecified atom stereocenters. The normalized spacial score (nSPS) is 25.6. The summed E-state index contributed by atoms with van der Waals surface area (Å²) < 4.78 is 28.8. The van der Waals surface area contributed by atoms with Crippen LogP contribution in [0.1, 0.15) is 19.3 Å². The Hall–Kier alpha value is -2.59. The molecule has 30 heavy (non-hydrogen) atoms. The van der Waals surface area contributed by atoms with Crippen molar-refractivity contribution in [3.63, 3.8) is 0 Å². The van der Waals surface area contributed by atoms with Crippen LogP contribution in [-0.4, -0.2) is 56.4 Å². The first-order valence-electron chi connectivity index (χ1n) is 9.92. The third-order valence-corrected chi connectivity index (χ3v) is 7.13. The molecule has 2 bridgehead atoms. The fraction of sp³-hybridized carbons (Fsp3) is 0.450. The number of hydrogen-bond donors (Lipinski definition) is 2. The Kier molecular flexibility index (Phi) is 4.90. The van der Waals surface area contributed by atoms with E-state index >= 15 is 0 Å². The maximum absolute atomic E-state index is 14.9. The molecule has 0 saturated carbocycles. The number of piperidine rings is 1. The van der Waals surface area contributed by atoms with E-state index in [-0.39, 0.29) is 17.8 Å². The van der Waals surface area contributed by atoms with Crippen LogP contribution in [-0.2, 0) is 6.80 Å². The molecular formula is C20H22F2N6OS. The van der Waals surface area contributed by atoms with E-state index in [0.717, 1.165) is 24.8 Å². The van der Waals surface area contributed by atoms with Crippen LogP contribution in [0.15, 0.2) is 30.6 Å². The van der Waals surface area contributed by atoms with E-state index in [2.05, 4.69) is 20.6 Å². The molecule has 4 heterocycles. The van der Waals surface area contributed by atoms with Gasteiger partial charge in [0.1, 0.15) is 11.9 Å². The Bertz CT molecular complexity index is 1060. The smallest absolute Gasteiger partial charge is 0.208 e. The summed E-state index contributed by atoms with van der Waals surface area (Å²) in [4.78, 5) is 1.88. The zero-order valence-corrected chi connectivity index (χ0v) is 17.2. The van der Waals surface area contributed by atoms with Gasteiger partial charge in [-0.15, -0.1) is 10.2 Å². The number of aromatic hydroxyl groups is 1. The number of phenols is 1. The molecule has 10 heteroatoms. The van der Waals surface area contributed by atoms with Crippen LogP contribution in [0.3, 0.4) is 0 Å². The standard InChI is InChI=1S/C20H22F2N6OS/c1-27(16-7-13-3-5-15(24-13)18(16)22)20-26-25-19(30-20)14-4-2-11(6-17(14)29)12-8-23-28(9-12)10-21/h2,4,6,8-9,13,15-16,18,24,29H,3,5,7,10H2,1H3/t13?,15?,16-,18+/m1/s1. The monoisotopic (exact) mass is 432 g/mol. The van der Waals surface area contributed by atoms with Crippen LogP contribution < -0.4 is 10.2 Å². The van der Waals surface area contributed by atoms with Gasteiger partial charge in [0.15, 0.2) is 11.8 Å². The molecule has 2 saturated heterocycles. The fourth-order valence-corrected chi connectivity index (χ4v) is 5.33. The molecule has 7 nitrogen and oxygen atoms in total. The van der Waals surface area contributed by atoms with Gasteiger partial charge in [0.25, 0.3) is 0 Å². The van der Waals surface area contributed by atoms with Crippen molar-refractivity contribution in [1.29, 1.82) is 0 Å². The summed E-state index contributed by atoms with van der Waals surface area (Å²) in [6.45, 7) is -0.705. The second-order valence-electron chi connectivity index (χ2n) is 7.92. The van der Waals surface area contributed by atoms with Gasteiger partial charge in [0.2, 0.25) is 5.13 Å². The summed E-state index contributed by atoms with van der Waals surface area (Å²) in [5, 5.41) is 27.5. The van der Waals surface area contributed by atoms with E-state index in [9.17, 15) is 13.9 Å². The number of benzene rings is 1. The molecule has 2 aliphatic rings. The van der Waals surface area contributed by atoms with Gasteiger partial charge in [-0.05, 0) is 37.0 Å². The molecule has 0 aliphatic carbocycles. The molecule has 2 fully saturated rings. The Morgan fingerprint density at radius 2 is 2.17 bits per heavy atom. The van der Waals surface area contributed by atoms with Crippen molar-refractivity contribution in [3.05, 3.63) is 30.6 Å². The zero-order chi connectivity index (χ0) is 20.8. The van der Waals surface area contributed by atoms with Crippen molar-refractivity contribution in [1.82, 2.24) is 25.3 Å². The van der Waals surface area contributed by atoms with E-state index in [4.69, 9.17) is 0 Å². The van der Waals surface area contributed by atoms with Crippen molar-refractivity contribution < 1.29 is 13.9 Å². The van der Waals surface area contributed by atoms with Crippen LogP contribution in [0.4, 0.5) is 13.9 Å². The van der Waals surface area contributed by atoms with Crippen LogP contribution in [0.5, 0.6) is 5.75 Å². The number of phenolic OH excluding ortho intramolecular Hbond substituents is 1. The minimum absolute atomic E-state index is 0.0501. The molecule has 2 N–H and O–H groups in total. The largest absolute Gasteiger partial charge is 0.507 e. The lowest BCUT2D eigenvalue weighted by Gasteiger charge is -2.38. The number of nitrogens with one attached hydrogen (secondary N) is 1. The van der Waals surface area contributed by atoms with Crippen molar-refractivity contribution in [2.75, 3.05) is 11.9 Å². The minimum atomic E-state index is -0.945. The second-order valence-corrected chi connectivity index (χ2v) is 8.87. The Morgan fingerprint density at radius 3 is 2.93 bits per heavy atom. The highest BCUT2D eigenvalue weighted by Gasteiger charge is 2.44. The summed E-state index contributed by atoms with van der Waals surface area (Å²) in [6.07, 6.45) is 4.81. The number of hydrogen-bond acceptors (Lipinski definition) is 7. The minimum Gasteiger partial charge on any atom is -0.507 e. The summed E-state index contributed by atoms with van der Waals surface area (Å²) in [7, 11) is 1.86. The molecule has 158 valence electrons. The van der Waals surface area contributed by atoms with Crippen LogP contribution in [0.2, 0.25) is 0 Å². The predicted molar refractivity (Wildman–Crippen MR) is 111 cm³/mol. The molecule has 0 spiro atoms. The van der Waals surface area contributed by atoms with Crippen LogP contribution in [0, 0.1) is 0 Å². The van der Waals surface area contributed by atoms with E-state index in [1.54, 1.807) is 24.5 Å². The molecule has 2 aromatic heterocycles. The molecule has 4 atom stereocenters. The highest BCUT2D eigenvalue weighted by molar-refractivity contribution is 7.18. The average molecular weight is 433 g/mol. The van der Waals surface area contributed by atoms with Gasteiger partial charge in [-0.1, -0.05) is 17.4 Å². The SMILES string of the molecule is CN(c1nnc(-c2ccc(-c3cnn(CF)c3)cc2O)s1)[C@@H]1CC2CCC(N2)[C@@H]1F. The molecular weight excluding hydrogens is 410 g/mol. The lowest BCUT2D eigenvalue weighted by molar-refractivity contribution is 0.176. The number of nitrogens with zero attached hydrogens (tertiary/aromatic N) is 5. The highest BCUT2D eigenvalue weighted by atomic mass is 32.1. The van der Waals surface area contributed by atoms with Gasteiger partial charge in [-0.3, -0.25) is 0 Å². The third-order valence-electron chi connectivity index (χ3n) is 6.08. The Morgan fingerprint density at radius 1 is 1.30 bits per heavy atom. The molecule has 0 radical (unpaired) electrons. The van der Waals surface area contributed by atoms with Gasteiger partial charge >= 0.3 is 0 Å². The fourth-order valence-electron chi connectivity index (χ4n) is 4.43. The number of anilines is 1. The third kappa shape index (κ3) is 3.33. The average Bonchev–Trinajstić information content (AvgIpc) is 3.50. The Balaban J connectivity index is 1.37. The molecule has 3 aromatic rings. The lowest BCUT2D eigenvalue weighted by Crippen LogP contribution is -2.55. The number of fused-ring (bicyclic) bond motifs is 2. The summed E-state index contributed by atoms with van der Waals surface area (Å²) in [6, 6.07) is 5.23. The predicted octanol–water partition coefficient (Wildman–Crippen LogP) is 3.37. The molecule has 1 aromatic carbocycles. The summed E-state index contributed by atoms with van der Waals surface area (Å²) >= 11 is 1.33. The maximum Gasteiger partial charge on any atom is 0.208 e. The first-order chi connectivity index (χ1) is 14.5. The number of rotatable bonds is 5. The quantitative estimate of drug-likeness (QED) is 0.644. The first kappa shape index (κ1) is 19.4. The second kappa shape index (κ2) is 7.59. The topological polar surface area (TPSA) is 79.1 Å². The zero-order valence-electron chi connectivity index (χ0n) is 16.4. The van der Waals surface area contributed by atoms with Crippen LogP contribution in [0.25, 0.3) is 21.7 Å².